The third-order valence-corrected chi connectivity index (χ3v) is 2.94. The largest absolute Gasteiger partial charge is 0.366 e. The maximum atomic E-state index is 8.75. The van der Waals surface area contributed by atoms with E-state index in [0.717, 1.165) is 11.4 Å². The van der Waals surface area contributed by atoms with E-state index in [1.807, 2.05) is 30.5 Å². The molecule has 3 aromatic heterocycles. The fourth-order valence-corrected chi connectivity index (χ4v) is 1.92. The summed E-state index contributed by atoms with van der Waals surface area (Å²) in [6, 6.07) is 11.3. The predicted octanol–water partition coefficient (Wildman–Crippen LogP) is 2.15. The Hall–Kier alpha value is -3.20. The third kappa shape index (κ3) is 2.87. The van der Waals surface area contributed by atoms with Crippen molar-refractivity contribution in [2.24, 2.45) is 0 Å². The van der Waals surface area contributed by atoms with Gasteiger partial charge in [0.05, 0.1) is 5.56 Å². The standard InChI is InChI=1S/C15H12N6/c16-9-12-4-5-14(18-10-12)19-11-13-3-1-6-17-15(13)21-8-2-7-20-21/h1-8,10H,11H2,(H,18,19). The minimum absolute atomic E-state index is 0.541. The molecule has 6 heteroatoms. The van der Waals surface area contributed by atoms with Crippen LogP contribution in [0.5, 0.6) is 0 Å². The maximum Gasteiger partial charge on any atom is 0.158 e. The molecular weight excluding hydrogens is 264 g/mol. The van der Waals surface area contributed by atoms with Gasteiger partial charge in [-0.15, -0.1) is 0 Å². The van der Waals surface area contributed by atoms with Gasteiger partial charge in [-0.1, -0.05) is 6.07 Å². The summed E-state index contributed by atoms with van der Waals surface area (Å²) in [5.74, 6) is 1.49. The number of nitriles is 1. The summed E-state index contributed by atoms with van der Waals surface area (Å²) in [5, 5.41) is 16.2. The molecule has 6 nitrogen and oxygen atoms in total. The highest BCUT2D eigenvalue weighted by atomic mass is 15.3. The number of nitrogens with one attached hydrogen (secondary N) is 1. The van der Waals surface area contributed by atoms with E-state index in [2.05, 4.69) is 20.4 Å². The summed E-state index contributed by atoms with van der Waals surface area (Å²) in [5.41, 5.74) is 1.55. The Morgan fingerprint density at radius 3 is 2.81 bits per heavy atom. The Morgan fingerprint density at radius 2 is 2.10 bits per heavy atom. The number of nitrogens with zero attached hydrogens (tertiary/aromatic N) is 5. The molecule has 0 saturated carbocycles. The van der Waals surface area contributed by atoms with Crippen molar-refractivity contribution in [1.82, 2.24) is 19.7 Å². The minimum Gasteiger partial charge on any atom is -0.366 e. The predicted molar refractivity (Wildman–Crippen MR) is 77.6 cm³/mol. The van der Waals surface area contributed by atoms with Crippen LogP contribution < -0.4 is 5.32 Å². The number of hydrogen-bond donors (Lipinski definition) is 1. The van der Waals surface area contributed by atoms with E-state index in [9.17, 15) is 0 Å². The lowest BCUT2D eigenvalue weighted by molar-refractivity contribution is 0.828. The molecule has 0 radical (unpaired) electrons. The zero-order chi connectivity index (χ0) is 14.5. The van der Waals surface area contributed by atoms with Crippen LogP contribution in [0, 0.1) is 11.3 Å². The summed E-state index contributed by atoms with van der Waals surface area (Å²) >= 11 is 0. The van der Waals surface area contributed by atoms with E-state index in [0.29, 0.717) is 17.9 Å². The number of rotatable bonds is 4. The van der Waals surface area contributed by atoms with Gasteiger partial charge < -0.3 is 5.32 Å². The third-order valence-electron chi connectivity index (χ3n) is 2.94. The first-order valence-corrected chi connectivity index (χ1v) is 6.41. The Kier molecular flexibility index (Phi) is 3.56. The van der Waals surface area contributed by atoms with E-state index >= 15 is 0 Å². The van der Waals surface area contributed by atoms with Gasteiger partial charge in [0.15, 0.2) is 5.82 Å². The van der Waals surface area contributed by atoms with Crippen LogP contribution in [0.2, 0.25) is 0 Å². The van der Waals surface area contributed by atoms with Crippen LogP contribution in [0.15, 0.2) is 55.1 Å². The monoisotopic (exact) mass is 276 g/mol. The van der Waals surface area contributed by atoms with Crippen molar-refractivity contribution in [1.29, 1.82) is 5.26 Å². The molecule has 0 unspecified atom stereocenters. The molecule has 0 aliphatic heterocycles. The average Bonchev–Trinajstić information content (AvgIpc) is 3.08. The highest BCUT2D eigenvalue weighted by molar-refractivity contribution is 5.41. The quantitative estimate of drug-likeness (QED) is 0.789. The molecule has 102 valence electrons. The SMILES string of the molecule is N#Cc1ccc(NCc2cccnc2-n2cccn2)nc1. The maximum absolute atomic E-state index is 8.75. The van der Waals surface area contributed by atoms with Crippen molar-refractivity contribution in [3.63, 3.8) is 0 Å². The molecule has 0 saturated heterocycles. The lowest BCUT2D eigenvalue weighted by Gasteiger charge is -2.09. The molecule has 3 aromatic rings. The van der Waals surface area contributed by atoms with Crippen LogP contribution in [0.4, 0.5) is 5.82 Å². The van der Waals surface area contributed by atoms with Crippen molar-refractivity contribution in [3.8, 4) is 11.9 Å². The van der Waals surface area contributed by atoms with Gasteiger partial charge in [0.25, 0.3) is 0 Å². The van der Waals surface area contributed by atoms with Gasteiger partial charge in [-0.3, -0.25) is 0 Å². The molecule has 0 aliphatic carbocycles. The smallest absolute Gasteiger partial charge is 0.158 e. The summed E-state index contributed by atoms with van der Waals surface area (Å²) in [6.45, 7) is 0.571. The minimum atomic E-state index is 0.541. The second-order valence-electron chi connectivity index (χ2n) is 4.33. The molecule has 0 amide bonds. The van der Waals surface area contributed by atoms with Crippen molar-refractivity contribution >= 4 is 5.82 Å². The molecule has 3 heterocycles. The normalized spacial score (nSPS) is 10.0. The summed E-state index contributed by atoms with van der Waals surface area (Å²) in [4.78, 5) is 8.54. The van der Waals surface area contributed by atoms with E-state index in [1.54, 1.807) is 35.4 Å². The van der Waals surface area contributed by atoms with Crippen molar-refractivity contribution in [3.05, 3.63) is 66.2 Å². The van der Waals surface area contributed by atoms with Gasteiger partial charge in [-0.25, -0.2) is 14.6 Å². The fourth-order valence-electron chi connectivity index (χ4n) is 1.92. The van der Waals surface area contributed by atoms with Crippen LogP contribution >= 0.6 is 0 Å². The Morgan fingerprint density at radius 1 is 1.14 bits per heavy atom. The van der Waals surface area contributed by atoms with Gasteiger partial charge in [-0.05, 0) is 24.3 Å². The molecule has 0 aliphatic rings. The number of pyridine rings is 2. The molecule has 21 heavy (non-hydrogen) atoms. The Balaban J connectivity index is 1.78. The van der Waals surface area contributed by atoms with E-state index in [-0.39, 0.29) is 0 Å². The number of anilines is 1. The van der Waals surface area contributed by atoms with E-state index in [4.69, 9.17) is 5.26 Å². The van der Waals surface area contributed by atoms with Gasteiger partial charge in [0.1, 0.15) is 11.9 Å². The zero-order valence-corrected chi connectivity index (χ0v) is 11.1. The molecule has 0 spiro atoms. The van der Waals surface area contributed by atoms with Gasteiger partial charge in [0.2, 0.25) is 0 Å². The second kappa shape index (κ2) is 5.84. The molecule has 0 aromatic carbocycles. The summed E-state index contributed by atoms with van der Waals surface area (Å²) < 4.78 is 1.73. The summed E-state index contributed by atoms with van der Waals surface area (Å²) in [6.07, 6.45) is 6.85. The van der Waals surface area contributed by atoms with Crippen molar-refractivity contribution in [2.75, 3.05) is 5.32 Å². The van der Waals surface area contributed by atoms with Crippen molar-refractivity contribution < 1.29 is 0 Å². The molecule has 3 rings (SSSR count). The number of hydrogen-bond acceptors (Lipinski definition) is 5. The topological polar surface area (TPSA) is 79.4 Å². The Bertz CT molecular complexity index is 756. The van der Waals surface area contributed by atoms with Crippen LogP contribution in [0.1, 0.15) is 11.1 Å². The second-order valence-corrected chi connectivity index (χ2v) is 4.33. The highest BCUT2D eigenvalue weighted by Crippen LogP contribution is 2.12. The van der Waals surface area contributed by atoms with Crippen LogP contribution in [0.25, 0.3) is 5.82 Å². The molecular formula is C15H12N6. The lowest BCUT2D eigenvalue weighted by atomic mass is 10.2. The zero-order valence-electron chi connectivity index (χ0n) is 11.1. The Labute approximate surface area is 121 Å². The molecule has 0 fully saturated rings. The molecule has 1 N–H and O–H groups in total. The average molecular weight is 276 g/mol. The lowest BCUT2D eigenvalue weighted by Crippen LogP contribution is -2.08. The first-order valence-electron chi connectivity index (χ1n) is 6.41. The van der Waals surface area contributed by atoms with Gasteiger partial charge in [0, 0.05) is 36.9 Å². The first kappa shape index (κ1) is 12.8. The van der Waals surface area contributed by atoms with Gasteiger partial charge in [-0.2, -0.15) is 10.4 Å². The van der Waals surface area contributed by atoms with Crippen molar-refractivity contribution in [2.45, 2.75) is 6.54 Å². The fraction of sp³-hybridized carbons (Fsp3) is 0.0667. The molecule has 0 bridgehead atoms. The van der Waals surface area contributed by atoms with E-state index < -0.39 is 0 Å². The van der Waals surface area contributed by atoms with Crippen LogP contribution in [-0.4, -0.2) is 19.7 Å². The first-order chi connectivity index (χ1) is 10.4. The van der Waals surface area contributed by atoms with Crippen LogP contribution in [-0.2, 0) is 6.54 Å². The highest BCUT2D eigenvalue weighted by Gasteiger charge is 2.06. The van der Waals surface area contributed by atoms with E-state index in [1.165, 1.54) is 0 Å². The summed E-state index contributed by atoms with van der Waals surface area (Å²) in [7, 11) is 0. The van der Waals surface area contributed by atoms with Gasteiger partial charge >= 0.3 is 0 Å². The number of aromatic nitrogens is 4. The molecule has 0 atom stereocenters. The van der Waals surface area contributed by atoms with Crippen LogP contribution in [0.3, 0.4) is 0 Å².